The molecule has 0 fully saturated rings. The molecule has 3 heteroatoms. The highest BCUT2D eigenvalue weighted by Crippen LogP contribution is 2.37. The highest BCUT2D eigenvalue weighted by atomic mass is 16.3. The summed E-state index contributed by atoms with van der Waals surface area (Å²) in [6.07, 6.45) is 2.79. The van der Waals surface area contributed by atoms with Crippen LogP contribution in [0.15, 0.2) is 18.2 Å². The SMILES string of the molecule is CCC(C)(C)C(O)c1ccc2c(c1)CCCC(=O)N2. The van der Waals surface area contributed by atoms with Gasteiger partial charge in [0.15, 0.2) is 0 Å². The lowest BCUT2D eigenvalue weighted by Crippen LogP contribution is -2.21. The van der Waals surface area contributed by atoms with Gasteiger partial charge in [0.1, 0.15) is 0 Å². The van der Waals surface area contributed by atoms with Crippen molar-refractivity contribution in [3.63, 3.8) is 0 Å². The third-order valence-corrected chi connectivity index (χ3v) is 4.22. The first-order valence-corrected chi connectivity index (χ1v) is 7.05. The summed E-state index contributed by atoms with van der Waals surface area (Å²) < 4.78 is 0. The van der Waals surface area contributed by atoms with Crippen molar-refractivity contribution in [2.75, 3.05) is 5.32 Å². The normalized spacial score (nSPS) is 17.4. The first-order valence-electron chi connectivity index (χ1n) is 7.05. The Morgan fingerprint density at radius 2 is 2.11 bits per heavy atom. The first kappa shape index (κ1) is 14.1. The molecule has 1 aliphatic rings. The average molecular weight is 261 g/mol. The number of aliphatic hydroxyl groups excluding tert-OH is 1. The Kier molecular flexibility index (Phi) is 3.95. The number of anilines is 1. The van der Waals surface area contributed by atoms with Gasteiger partial charge in [0.2, 0.25) is 5.91 Å². The Morgan fingerprint density at radius 3 is 2.79 bits per heavy atom. The van der Waals surface area contributed by atoms with Crippen LogP contribution in [-0.2, 0) is 11.2 Å². The minimum Gasteiger partial charge on any atom is -0.388 e. The molecule has 3 nitrogen and oxygen atoms in total. The highest BCUT2D eigenvalue weighted by Gasteiger charge is 2.27. The van der Waals surface area contributed by atoms with Gasteiger partial charge >= 0.3 is 0 Å². The number of aliphatic hydroxyl groups is 1. The van der Waals surface area contributed by atoms with Crippen molar-refractivity contribution in [2.45, 2.75) is 52.6 Å². The van der Waals surface area contributed by atoms with Gasteiger partial charge in [0.25, 0.3) is 0 Å². The van der Waals surface area contributed by atoms with Crippen LogP contribution >= 0.6 is 0 Å². The second-order valence-corrected chi connectivity index (χ2v) is 6.06. The van der Waals surface area contributed by atoms with Crippen molar-refractivity contribution in [3.05, 3.63) is 29.3 Å². The van der Waals surface area contributed by atoms with Gasteiger partial charge in [-0.15, -0.1) is 0 Å². The van der Waals surface area contributed by atoms with Crippen LogP contribution in [0.25, 0.3) is 0 Å². The van der Waals surface area contributed by atoms with Gasteiger partial charge < -0.3 is 10.4 Å². The number of hydrogen-bond donors (Lipinski definition) is 2. The second-order valence-electron chi connectivity index (χ2n) is 6.06. The summed E-state index contributed by atoms with van der Waals surface area (Å²) in [7, 11) is 0. The molecule has 1 aromatic rings. The third-order valence-electron chi connectivity index (χ3n) is 4.22. The minimum absolute atomic E-state index is 0.0842. The lowest BCUT2D eigenvalue weighted by molar-refractivity contribution is -0.116. The largest absolute Gasteiger partial charge is 0.388 e. The summed E-state index contributed by atoms with van der Waals surface area (Å²) in [4.78, 5) is 11.5. The van der Waals surface area contributed by atoms with Crippen LogP contribution in [-0.4, -0.2) is 11.0 Å². The van der Waals surface area contributed by atoms with Crippen molar-refractivity contribution in [3.8, 4) is 0 Å². The Balaban J connectivity index is 2.31. The van der Waals surface area contributed by atoms with E-state index in [1.54, 1.807) is 0 Å². The fourth-order valence-corrected chi connectivity index (χ4v) is 2.41. The number of benzene rings is 1. The molecule has 0 bridgehead atoms. The van der Waals surface area contributed by atoms with Crippen LogP contribution in [0.3, 0.4) is 0 Å². The van der Waals surface area contributed by atoms with Crippen LogP contribution in [0.4, 0.5) is 5.69 Å². The fourth-order valence-electron chi connectivity index (χ4n) is 2.41. The standard InChI is InChI=1S/C16H23NO2/c1-4-16(2,3)15(19)12-8-9-13-11(10-12)6-5-7-14(18)17-13/h8-10,15,19H,4-7H2,1-3H3,(H,17,18). The Hall–Kier alpha value is -1.35. The van der Waals surface area contributed by atoms with E-state index in [0.717, 1.165) is 36.1 Å². The summed E-state index contributed by atoms with van der Waals surface area (Å²) in [5.74, 6) is 0.0842. The molecule has 2 N–H and O–H groups in total. The number of fused-ring (bicyclic) bond motifs is 1. The maximum atomic E-state index is 11.5. The number of aryl methyl sites for hydroxylation is 1. The number of carbonyl (C=O) groups excluding carboxylic acids is 1. The first-order chi connectivity index (χ1) is 8.94. The van der Waals surface area contributed by atoms with E-state index in [2.05, 4.69) is 26.1 Å². The molecule has 1 heterocycles. The summed E-state index contributed by atoms with van der Waals surface area (Å²) >= 11 is 0. The second kappa shape index (κ2) is 5.33. The van der Waals surface area contributed by atoms with Gasteiger partial charge in [-0.25, -0.2) is 0 Å². The summed E-state index contributed by atoms with van der Waals surface area (Å²) in [5, 5.41) is 13.4. The zero-order chi connectivity index (χ0) is 14.0. The smallest absolute Gasteiger partial charge is 0.224 e. The van der Waals surface area contributed by atoms with E-state index in [9.17, 15) is 9.90 Å². The summed E-state index contributed by atoms with van der Waals surface area (Å²) in [5.41, 5.74) is 2.84. The lowest BCUT2D eigenvalue weighted by atomic mass is 9.80. The van der Waals surface area contributed by atoms with E-state index in [1.807, 2.05) is 18.2 Å². The molecular formula is C16H23NO2. The Labute approximate surface area is 115 Å². The Bertz CT molecular complexity index is 480. The Morgan fingerprint density at radius 1 is 1.37 bits per heavy atom. The van der Waals surface area contributed by atoms with Gasteiger partial charge in [-0.3, -0.25) is 4.79 Å². The van der Waals surface area contributed by atoms with Gasteiger partial charge in [0, 0.05) is 12.1 Å². The topological polar surface area (TPSA) is 49.3 Å². The minimum atomic E-state index is -0.471. The molecule has 2 rings (SSSR count). The lowest BCUT2D eigenvalue weighted by Gasteiger charge is -2.30. The maximum Gasteiger partial charge on any atom is 0.224 e. The van der Waals surface area contributed by atoms with Crippen molar-refractivity contribution < 1.29 is 9.90 Å². The van der Waals surface area contributed by atoms with Crippen molar-refractivity contribution in [1.82, 2.24) is 0 Å². The van der Waals surface area contributed by atoms with Crippen LogP contribution in [0, 0.1) is 5.41 Å². The molecule has 1 unspecified atom stereocenters. The van der Waals surface area contributed by atoms with Gasteiger partial charge in [-0.1, -0.05) is 32.9 Å². The van der Waals surface area contributed by atoms with Crippen LogP contribution in [0.2, 0.25) is 0 Å². The van der Waals surface area contributed by atoms with Gasteiger partial charge in [-0.05, 0) is 41.9 Å². The zero-order valence-electron chi connectivity index (χ0n) is 12.0. The van der Waals surface area contributed by atoms with E-state index in [0.29, 0.717) is 6.42 Å². The van der Waals surface area contributed by atoms with E-state index in [1.165, 1.54) is 0 Å². The molecule has 1 atom stereocenters. The average Bonchev–Trinajstić information content (AvgIpc) is 2.57. The molecular weight excluding hydrogens is 238 g/mol. The van der Waals surface area contributed by atoms with E-state index in [-0.39, 0.29) is 11.3 Å². The third kappa shape index (κ3) is 2.98. The number of amides is 1. The van der Waals surface area contributed by atoms with Gasteiger partial charge in [-0.2, -0.15) is 0 Å². The molecule has 0 aromatic heterocycles. The molecule has 0 spiro atoms. The molecule has 0 saturated carbocycles. The number of carbonyl (C=O) groups is 1. The van der Waals surface area contributed by atoms with E-state index in [4.69, 9.17) is 0 Å². The number of nitrogens with one attached hydrogen (secondary N) is 1. The van der Waals surface area contributed by atoms with E-state index >= 15 is 0 Å². The van der Waals surface area contributed by atoms with Crippen molar-refractivity contribution in [2.24, 2.45) is 5.41 Å². The molecule has 104 valence electrons. The summed E-state index contributed by atoms with van der Waals surface area (Å²) in [6.45, 7) is 6.24. The quantitative estimate of drug-likeness (QED) is 0.875. The highest BCUT2D eigenvalue weighted by molar-refractivity contribution is 5.92. The monoisotopic (exact) mass is 261 g/mol. The molecule has 0 aliphatic carbocycles. The fraction of sp³-hybridized carbons (Fsp3) is 0.562. The van der Waals surface area contributed by atoms with Crippen LogP contribution in [0.5, 0.6) is 0 Å². The van der Waals surface area contributed by atoms with Crippen molar-refractivity contribution in [1.29, 1.82) is 0 Å². The van der Waals surface area contributed by atoms with Crippen LogP contribution in [0.1, 0.15) is 57.3 Å². The molecule has 1 amide bonds. The van der Waals surface area contributed by atoms with Crippen LogP contribution < -0.4 is 5.32 Å². The van der Waals surface area contributed by atoms with Gasteiger partial charge in [0.05, 0.1) is 6.10 Å². The molecule has 0 radical (unpaired) electrons. The van der Waals surface area contributed by atoms with E-state index < -0.39 is 6.10 Å². The molecule has 19 heavy (non-hydrogen) atoms. The predicted octanol–water partition coefficient (Wildman–Crippen LogP) is 3.43. The number of rotatable bonds is 3. The molecule has 1 aliphatic heterocycles. The molecule has 1 aromatic carbocycles. The zero-order valence-corrected chi connectivity index (χ0v) is 12.0. The van der Waals surface area contributed by atoms with Crippen molar-refractivity contribution >= 4 is 11.6 Å². The maximum absolute atomic E-state index is 11.5. The molecule has 0 saturated heterocycles. The summed E-state index contributed by atoms with van der Waals surface area (Å²) in [6, 6.07) is 5.89. The number of hydrogen-bond acceptors (Lipinski definition) is 2. The predicted molar refractivity (Wildman–Crippen MR) is 77.0 cm³/mol.